The topological polar surface area (TPSA) is 58.4 Å². The van der Waals surface area contributed by atoms with E-state index in [0.29, 0.717) is 39.0 Å². The molecule has 1 heterocycles. The first-order valence-electron chi connectivity index (χ1n) is 7.66. The molecule has 0 aromatic rings. The van der Waals surface area contributed by atoms with Crippen molar-refractivity contribution in [3.8, 4) is 0 Å². The fourth-order valence-corrected chi connectivity index (χ4v) is 2.61. The van der Waals surface area contributed by atoms with E-state index >= 15 is 0 Å². The van der Waals surface area contributed by atoms with Crippen LogP contribution >= 0.6 is 0 Å². The summed E-state index contributed by atoms with van der Waals surface area (Å²) < 4.78 is 36.8. The van der Waals surface area contributed by atoms with Crippen LogP contribution in [0.1, 0.15) is 38.5 Å². The summed E-state index contributed by atoms with van der Waals surface area (Å²) in [5.41, 5.74) is 5.38. The minimum Gasteiger partial charge on any atom is -0.356 e. The van der Waals surface area contributed by atoms with Crippen molar-refractivity contribution in [1.82, 2.24) is 10.2 Å². The molecule has 1 atom stereocenters. The summed E-state index contributed by atoms with van der Waals surface area (Å²) in [6.45, 7) is 1.19. The van der Waals surface area contributed by atoms with Crippen LogP contribution in [0.5, 0.6) is 0 Å². The molecule has 0 radical (unpaired) electrons. The molecule has 4 nitrogen and oxygen atoms in total. The lowest BCUT2D eigenvalue weighted by atomic mass is 10.1. The van der Waals surface area contributed by atoms with E-state index in [-0.39, 0.29) is 11.8 Å². The number of alkyl halides is 3. The molecule has 1 unspecified atom stereocenters. The van der Waals surface area contributed by atoms with Crippen molar-refractivity contribution in [2.24, 2.45) is 11.7 Å². The standard InChI is InChI=1S/C14H26F3N3O/c15-14(16,17)11-20-8-6-12(10-20)9-19-13(21)5-3-1-2-4-7-18/h12H,1-11,18H2,(H,19,21). The van der Waals surface area contributed by atoms with Crippen LogP contribution in [0.15, 0.2) is 0 Å². The van der Waals surface area contributed by atoms with Crippen LogP contribution in [0.25, 0.3) is 0 Å². The van der Waals surface area contributed by atoms with Gasteiger partial charge in [-0.1, -0.05) is 12.8 Å². The van der Waals surface area contributed by atoms with Gasteiger partial charge in [0.05, 0.1) is 6.54 Å². The molecule has 1 amide bonds. The predicted octanol–water partition coefficient (Wildman–Crippen LogP) is 1.90. The number of carbonyl (C=O) groups excluding carboxylic acids is 1. The lowest BCUT2D eigenvalue weighted by molar-refractivity contribution is -0.143. The van der Waals surface area contributed by atoms with E-state index in [0.717, 1.165) is 25.7 Å². The Morgan fingerprint density at radius 1 is 1.24 bits per heavy atom. The van der Waals surface area contributed by atoms with E-state index in [1.54, 1.807) is 0 Å². The van der Waals surface area contributed by atoms with Crippen molar-refractivity contribution in [1.29, 1.82) is 0 Å². The number of likely N-dealkylation sites (tertiary alicyclic amines) is 1. The molecule has 3 N–H and O–H groups in total. The zero-order valence-electron chi connectivity index (χ0n) is 12.4. The highest BCUT2D eigenvalue weighted by Crippen LogP contribution is 2.22. The number of carbonyl (C=O) groups is 1. The maximum Gasteiger partial charge on any atom is 0.401 e. The second kappa shape index (κ2) is 9.25. The van der Waals surface area contributed by atoms with E-state index in [1.165, 1.54) is 4.90 Å². The van der Waals surface area contributed by atoms with E-state index < -0.39 is 12.7 Å². The number of rotatable bonds is 9. The van der Waals surface area contributed by atoms with Gasteiger partial charge < -0.3 is 11.1 Å². The Labute approximate surface area is 124 Å². The molecule has 0 aromatic carbocycles. The normalized spacial score (nSPS) is 19.9. The fourth-order valence-electron chi connectivity index (χ4n) is 2.61. The Morgan fingerprint density at radius 2 is 1.95 bits per heavy atom. The molecule has 1 rings (SSSR count). The minimum absolute atomic E-state index is 0.00276. The van der Waals surface area contributed by atoms with Crippen LogP contribution in [-0.2, 0) is 4.79 Å². The third kappa shape index (κ3) is 8.93. The number of nitrogens with one attached hydrogen (secondary N) is 1. The molecular formula is C14H26F3N3O. The van der Waals surface area contributed by atoms with Gasteiger partial charge in [0, 0.05) is 19.5 Å². The van der Waals surface area contributed by atoms with Gasteiger partial charge in [-0.3, -0.25) is 9.69 Å². The van der Waals surface area contributed by atoms with Crippen molar-refractivity contribution in [2.75, 3.05) is 32.7 Å². The van der Waals surface area contributed by atoms with Crippen LogP contribution in [0, 0.1) is 5.92 Å². The number of hydrogen-bond acceptors (Lipinski definition) is 3. The zero-order chi connectivity index (χ0) is 15.7. The second-order valence-corrected chi connectivity index (χ2v) is 5.76. The molecule has 0 bridgehead atoms. The Balaban J connectivity index is 2.06. The Bertz CT molecular complexity index is 310. The van der Waals surface area contributed by atoms with Crippen LogP contribution in [-0.4, -0.2) is 49.7 Å². The molecule has 7 heteroatoms. The van der Waals surface area contributed by atoms with Gasteiger partial charge in [-0.15, -0.1) is 0 Å². The van der Waals surface area contributed by atoms with Gasteiger partial charge in [-0.25, -0.2) is 0 Å². The third-order valence-electron chi connectivity index (χ3n) is 3.72. The maximum atomic E-state index is 12.3. The van der Waals surface area contributed by atoms with Crippen LogP contribution < -0.4 is 11.1 Å². The van der Waals surface area contributed by atoms with Gasteiger partial charge in [-0.2, -0.15) is 13.2 Å². The van der Waals surface area contributed by atoms with Gasteiger partial charge in [0.25, 0.3) is 0 Å². The number of nitrogens with two attached hydrogens (primary N) is 1. The monoisotopic (exact) mass is 309 g/mol. The lowest BCUT2D eigenvalue weighted by Crippen LogP contribution is -2.34. The Hall–Kier alpha value is -0.820. The van der Waals surface area contributed by atoms with Crippen molar-refractivity contribution in [3.63, 3.8) is 0 Å². The molecule has 21 heavy (non-hydrogen) atoms. The largest absolute Gasteiger partial charge is 0.401 e. The fraction of sp³-hybridized carbons (Fsp3) is 0.929. The van der Waals surface area contributed by atoms with Gasteiger partial charge >= 0.3 is 6.18 Å². The van der Waals surface area contributed by atoms with Crippen LogP contribution in [0.3, 0.4) is 0 Å². The minimum atomic E-state index is -4.14. The molecule has 0 spiro atoms. The van der Waals surface area contributed by atoms with Gasteiger partial charge in [-0.05, 0) is 38.3 Å². The second-order valence-electron chi connectivity index (χ2n) is 5.76. The molecular weight excluding hydrogens is 283 g/mol. The summed E-state index contributed by atoms with van der Waals surface area (Å²) in [6, 6.07) is 0. The van der Waals surface area contributed by atoms with E-state index in [4.69, 9.17) is 5.73 Å². The first-order valence-corrected chi connectivity index (χ1v) is 7.66. The zero-order valence-corrected chi connectivity index (χ0v) is 12.4. The van der Waals surface area contributed by atoms with Gasteiger partial charge in [0.15, 0.2) is 0 Å². The van der Waals surface area contributed by atoms with Crippen molar-refractivity contribution < 1.29 is 18.0 Å². The van der Waals surface area contributed by atoms with Crippen LogP contribution in [0.2, 0.25) is 0 Å². The molecule has 124 valence electrons. The van der Waals surface area contributed by atoms with E-state index in [1.807, 2.05) is 0 Å². The summed E-state index contributed by atoms with van der Waals surface area (Å²) in [7, 11) is 0. The summed E-state index contributed by atoms with van der Waals surface area (Å²) in [5, 5.41) is 2.83. The molecule has 0 aliphatic carbocycles. The summed E-state index contributed by atoms with van der Waals surface area (Å²) in [4.78, 5) is 13.0. The summed E-state index contributed by atoms with van der Waals surface area (Å²) in [6.07, 6.45) is 0.930. The third-order valence-corrected chi connectivity index (χ3v) is 3.72. The highest BCUT2D eigenvalue weighted by Gasteiger charge is 2.34. The number of hydrogen-bond donors (Lipinski definition) is 2. The predicted molar refractivity (Wildman–Crippen MR) is 75.8 cm³/mol. The molecule has 0 saturated carbocycles. The number of amides is 1. The average molecular weight is 309 g/mol. The summed E-state index contributed by atoms with van der Waals surface area (Å²) >= 11 is 0. The smallest absolute Gasteiger partial charge is 0.356 e. The number of unbranched alkanes of at least 4 members (excludes halogenated alkanes) is 3. The Morgan fingerprint density at radius 3 is 2.62 bits per heavy atom. The summed E-state index contributed by atoms with van der Waals surface area (Å²) in [5.74, 6) is 0.130. The highest BCUT2D eigenvalue weighted by atomic mass is 19.4. The number of halogens is 3. The molecule has 1 aliphatic rings. The van der Waals surface area contributed by atoms with Crippen molar-refractivity contribution in [2.45, 2.75) is 44.7 Å². The van der Waals surface area contributed by atoms with Crippen molar-refractivity contribution in [3.05, 3.63) is 0 Å². The van der Waals surface area contributed by atoms with Crippen LogP contribution in [0.4, 0.5) is 13.2 Å². The van der Waals surface area contributed by atoms with Gasteiger partial charge in [0.2, 0.25) is 5.91 Å². The molecule has 1 fully saturated rings. The van der Waals surface area contributed by atoms with E-state index in [9.17, 15) is 18.0 Å². The van der Waals surface area contributed by atoms with Crippen molar-refractivity contribution >= 4 is 5.91 Å². The maximum absolute atomic E-state index is 12.3. The Kier molecular flexibility index (Phi) is 8.03. The van der Waals surface area contributed by atoms with E-state index in [2.05, 4.69) is 5.32 Å². The first-order chi connectivity index (χ1) is 9.90. The number of nitrogens with zero attached hydrogens (tertiary/aromatic N) is 1. The first kappa shape index (κ1) is 18.2. The highest BCUT2D eigenvalue weighted by molar-refractivity contribution is 5.75. The lowest BCUT2D eigenvalue weighted by Gasteiger charge is -2.18. The molecule has 1 saturated heterocycles. The SMILES string of the molecule is NCCCCCCC(=O)NCC1CCN(CC(F)(F)F)C1. The quantitative estimate of drug-likeness (QED) is 0.640. The molecule has 1 aliphatic heterocycles. The van der Waals surface area contributed by atoms with Gasteiger partial charge in [0.1, 0.15) is 0 Å². The molecule has 0 aromatic heterocycles. The average Bonchev–Trinajstić information content (AvgIpc) is 2.81.